The molecule has 4 heteroatoms. The highest BCUT2D eigenvalue weighted by molar-refractivity contribution is 9.09. The topological polar surface area (TPSA) is 38.3 Å². The van der Waals surface area contributed by atoms with Gasteiger partial charge in [-0.15, -0.1) is 0 Å². The quantitative estimate of drug-likeness (QED) is 0.767. The lowest BCUT2D eigenvalue weighted by Crippen LogP contribution is -2.32. The number of ether oxygens (including phenoxy) is 1. The van der Waals surface area contributed by atoms with Crippen LogP contribution >= 0.6 is 15.9 Å². The van der Waals surface area contributed by atoms with Crippen molar-refractivity contribution >= 4 is 21.8 Å². The van der Waals surface area contributed by atoms with Crippen molar-refractivity contribution in [3.8, 4) is 0 Å². The average Bonchev–Trinajstić information content (AvgIpc) is 2.70. The molecule has 2 unspecified atom stereocenters. The summed E-state index contributed by atoms with van der Waals surface area (Å²) in [6, 6.07) is 0. The molecule has 0 aromatic rings. The van der Waals surface area contributed by atoms with Crippen LogP contribution in [-0.4, -0.2) is 30.5 Å². The van der Waals surface area contributed by atoms with E-state index in [1.807, 2.05) is 0 Å². The Balaban J connectivity index is 2.08. The number of carbonyl (C=O) groups excluding carboxylic acids is 1. The number of halogens is 1. The van der Waals surface area contributed by atoms with E-state index in [0.29, 0.717) is 11.4 Å². The third kappa shape index (κ3) is 3.96. The van der Waals surface area contributed by atoms with Gasteiger partial charge in [-0.25, -0.2) is 0 Å². The fourth-order valence-corrected chi connectivity index (χ4v) is 1.67. The summed E-state index contributed by atoms with van der Waals surface area (Å²) in [7, 11) is 0. The Morgan fingerprint density at radius 2 is 2.50 bits per heavy atom. The van der Waals surface area contributed by atoms with Gasteiger partial charge in [0.05, 0.1) is 12.5 Å². The number of carbonyl (C=O) groups is 1. The molecule has 1 saturated heterocycles. The van der Waals surface area contributed by atoms with Crippen molar-refractivity contribution in [1.29, 1.82) is 0 Å². The zero-order valence-electron chi connectivity index (χ0n) is 8.59. The molecule has 2 atom stereocenters. The van der Waals surface area contributed by atoms with Gasteiger partial charge in [0.15, 0.2) is 0 Å². The molecule has 1 aliphatic rings. The van der Waals surface area contributed by atoms with Gasteiger partial charge < -0.3 is 10.1 Å². The summed E-state index contributed by atoms with van der Waals surface area (Å²) in [6.07, 6.45) is 2.97. The van der Waals surface area contributed by atoms with Crippen molar-refractivity contribution in [2.45, 2.75) is 31.0 Å². The van der Waals surface area contributed by atoms with Crippen LogP contribution in [0.2, 0.25) is 0 Å². The highest BCUT2D eigenvalue weighted by Crippen LogP contribution is 2.12. The second-order valence-electron chi connectivity index (χ2n) is 3.65. The van der Waals surface area contributed by atoms with Crippen LogP contribution in [0.3, 0.4) is 0 Å². The summed E-state index contributed by atoms with van der Waals surface area (Å²) in [6.45, 7) is 4.22. The number of amides is 1. The molecule has 0 radical (unpaired) electrons. The van der Waals surface area contributed by atoms with Crippen LogP contribution in [0.1, 0.15) is 26.2 Å². The lowest BCUT2D eigenvalue weighted by molar-refractivity contribution is -0.124. The van der Waals surface area contributed by atoms with E-state index in [-0.39, 0.29) is 11.8 Å². The average molecular weight is 264 g/mol. The van der Waals surface area contributed by atoms with Gasteiger partial charge in [0.25, 0.3) is 0 Å². The molecule has 0 saturated carbocycles. The SMILES string of the molecule is CCC(Br)CCNC(=O)C1CCOC1. The zero-order chi connectivity index (χ0) is 10.4. The first-order valence-corrected chi connectivity index (χ1v) is 6.15. The number of alkyl halides is 1. The molecule has 0 spiro atoms. The number of nitrogens with one attached hydrogen (secondary N) is 1. The fourth-order valence-electron chi connectivity index (χ4n) is 1.44. The first-order valence-electron chi connectivity index (χ1n) is 5.23. The van der Waals surface area contributed by atoms with Crippen LogP contribution < -0.4 is 5.32 Å². The van der Waals surface area contributed by atoms with Crippen molar-refractivity contribution < 1.29 is 9.53 Å². The standard InChI is InChI=1S/C10H18BrNO2/c1-2-9(11)3-5-12-10(13)8-4-6-14-7-8/h8-9H,2-7H2,1H3,(H,12,13). The molecule has 3 nitrogen and oxygen atoms in total. The maximum atomic E-state index is 11.5. The molecule has 1 rings (SSSR count). The molecule has 0 aliphatic carbocycles. The second-order valence-corrected chi connectivity index (χ2v) is 4.94. The van der Waals surface area contributed by atoms with Crippen molar-refractivity contribution in [3.63, 3.8) is 0 Å². The summed E-state index contributed by atoms with van der Waals surface area (Å²) in [5.74, 6) is 0.240. The fraction of sp³-hybridized carbons (Fsp3) is 0.900. The van der Waals surface area contributed by atoms with Gasteiger partial charge in [-0.3, -0.25) is 4.79 Å². The minimum absolute atomic E-state index is 0.0883. The van der Waals surface area contributed by atoms with Crippen molar-refractivity contribution in [2.24, 2.45) is 5.92 Å². The molecule has 0 bridgehead atoms. The molecule has 1 fully saturated rings. The number of hydrogen-bond acceptors (Lipinski definition) is 2. The summed E-state index contributed by atoms with van der Waals surface area (Å²) in [5.41, 5.74) is 0. The summed E-state index contributed by atoms with van der Waals surface area (Å²) in [5, 5.41) is 2.94. The maximum absolute atomic E-state index is 11.5. The molecule has 0 aromatic heterocycles. The van der Waals surface area contributed by atoms with Crippen LogP contribution in [0, 0.1) is 5.92 Å². The highest BCUT2D eigenvalue weighted by atomic mass is 79.9. The Labute approximate surface area is 93.7 Å². The van der Waals surface area contributed by atoms with Crippen LogP contribution in [0.5, 0.6) is 0 Å². The van der Waals surface area contributed by atoms with Crippen LogP contribution in [-0.2, 0) is 9.53 Å². The number of hydrogen-bond donors (Lipinski definition) is 1. The Kier molecular flexibility index (Phi) is 5.48. The lowest BCUT2D eigenvalue weighted by Gasteiger charge is -2.10. The lowest BCUT2D eigenvalue weighted by atomic mass is 10.1. The van der Waals surface area contributed by atoms with E-state index in [2.05, 4.69) is 28.2 Å². The minimum Gasteiger partial charge on any atom is -0.381 e. The summed E-state index contributed by atoms with van der Waals surface area (Å²) >= 11 is 3.53. The third-order valence-electron chi connectivity index (χ3n) is 2.50. The van der Waals surface area contributed by atoms with Crippen molar-refractivity contribution in [1.82, 2.24) is 5.32 Å². The van der Waals surface area contributed by atoms with Crippen LogP contribution in [0.15, 0.2) is 0 Å². The molecule has 0 aromatic carbocycles. The van der Waals surface area contributed by atoms with Crippen molar-refractivity contribution in [2.75, 3.05) is 19.8 Å². The maximum Gasteiger partial charge on any atom is 0.225 e. The molecule has 1 N–H and O–H groups in total. The predicted octanol–water partition coefficient (Wildman–Crippen LogP) is 1.70. The van der Waals surface area contributed by atoms with Gasteiger partial charge >= 0.3 is 0 Å². The Hall–Kier alpha value is -0.0900. The zero-order valence-corrected chi connectivity index (χ0v) is 10.2. The molecular formula is C10H18BrNO2. The van der Waals surface area contributed by atoms with Crippen molar-refractivity contribution in [3.05, 3.63) is 0 Å². The van der Waals surface area contributed by atoms with Gasteiger partial charge in [-0.1, -0.05) is 22.9 Å². The van der Waals surface area contributed by atoms with E-state index in [0.717, 1.165) is 32.4 Å². The first kappa shape index (κ1) is 12.0. The number of rotatable bonds is 5. The largest absolute Gasteiger partial charge is 0.381 e. The molecule has 82 valence electrons. The Morgan fingerprint density at radius 1 is 1.71 bits per heavy atom. The second kappa shape index (κ2) is 6.40. The summed E-state index contributed by atoms with van der Waals surface area (Å²) in [4.78, 5) is 12.0. The van der Waals surface area contributed by atoms with Crippen LogP contribution in [0.25, 0.3) is 0 Å². The smallest absolute Gasteiger partial charge is 0.225 e. The van der Waals surface area contributed by atoms with E-state index in [1.165, 1.54) is 0 Å². The van der Waals surface area contributed by atoms with Gasteiger partial charge in [0.2, 0.25) is 5.91 Å². The van der Waals surface area contributed by atoms with E-state index in [9.17, 15) is 4.79 Å². The van der Waals surface area contributed by atoms with E-state index >= 15 is 0 Å². The molecule has 1 amide bonds. The Morgan fingerprint density at radius 3 is 3.07 bits per heavy atom. The first-order chi connectivity index (χ1) is 6.74. The third-order valence-corrected chi connectivity index (χ3v) is 3.61. The van der Waals surface area contributed by atoms with Gasteiger partial charge in [-0.2, -0.15) is 0 Å². The molecule has 14 heavy (non-hydrogen) atoms. The van der Waals surface area contributed by atoms with E-state index < -0.39 is 0 Å². The van der Waals surface area contributed by atoms with Gasteiger partial charge in [0.1, 0.15) is 0 Å². The summed E-state index contributed by atoms with van der Waals surface area (Å²) < 4.78 is 5.16. The van der Waals surface area contributed by atoms with E-state index in [4.69, 9.17) is 4.74 Å². The molecular weight excluding hydrogens is 246 g/mol. The predicted molar refractivity (Wildman–Crippen MR) is 59.6 cm³/mol. The molecule has 1 aliphatic heterocycles. The Bertz CT molecular complexity index is 181. The van der Waals surface area contributed by atoms with Crippen LogP contribution in [0.4, 0.5) is 0 Å². The monoisotopic (exact) mass is 263 g/mol. The van der Waals surface area contributed by atoms with Gasteiger partial charge in [-0.05, 0) is 19.3 Å². The molecule has 1 heterocycles. The normalized spacial score (nSPS) is 23.4. The van der Waals surface area contributed by atoms with Gasteiger partial charge in [0, 0.05) is 18.0 Å². The van der Waals surface area contributed by atoms with E-state index in [1.54, 1.807) is 0 Å². The highest BCUT2D eigenvalue weighted by Gasteiger charge is 2.22. The minimum atomic E-state index is 0.0883.